The van der Waals surface area contributed by atoms with Gasteiger partial charge in [0.15, 0.2) is 0 Å². The van der Waals surface area contributed by atoms with Crippen LogP contribution >= 0.6 is 0 Å². The van der Waals surface area contributed by atoms with E-state index in [1.807, 2.05) is 0 Å². The van der Waals surface area contributed by atoms with Crippen LogP contribution in [0.1, 0.15) is 19.8 Å². The number of aliphatic hydroxyl groups is 1. The Morgan fingerprint density at radius 3 is 2.67 bits per heavy atom. The molecule has 1 fully saturated rings. The van der Waals surface area contributed by atoms with E-state index in [0.717, 1.165) is 0 Å². The lowest BCUT2D eigenvalue weighted by atomic mass is 10.2. The quantitative estimate of drug-likeness (QED) is 0.681. The molecular weight excluding hydrogens is 225 g/mol. The van der Waals surface area contributed by atoms with Crippen LogP contribution in [0.5, 0.6) is 0 Å². The number of carbonyl (C=O) groups is 1. The molecule has 2 atom stereocenters. The topological polar surface area (TPSA) is 74.7 Å². The van der Waals surface area contributed by atoms with E-state index in [2.05, 4.69) is 0 Å². The summed E-state index contributed by atoms with van der Waals surface area (Å²) in [5.74, 6) is -0.373. The van der Waals surface area contributed by atoms with Gasteiger partial charge in [0.1, 0.15) is 5.25 Å². The van der Waals surface area contributed by atoms with Crippen molar-refractivity contribution in [1.82, 2.24) is 4.90 Å². The predicted molar refractivity (Wildman–Crippen MR) is 51.3 cm³/mol. The fraction of sp³-hybridized carbons (Fsp3) is 0.875. The summed E-state index contributed by atoms with van der Waals surface area (Å²) in [7, 11) is -4.64. The van der Waals surface area contributed by atoms with Crippen molar-refractivity contribution in [3.63, 3.8) is 0 Å². The predicted octanol–water partition coefficient (Wildman–Crippen LogP) is -0.343. The number of aliphatic hydroxyl groups excluding tert-OH is 1. The van der Waals surface area contributed by atoms with Gasteiger partial charge in [-0.15, -0.1) is 3.89 Å². The maximum atomic E-state index is 12.6. The summed E-state index contributed by atoms with van der Waals surface area (Å²) in [5.41, 5.74) is 0. The lowest BCUT2D eigenvalue weighted by Gasteiger charge is -2.23. The van der Waals surface area contributed by atoms with Crippen molar-refractivity contribution in [3.8, 4) is 0 Å². The number of rotatable bonds is 4. The largest absolute Gasteiger partial charge is 0.396 e. The Kier molecular flexibility index (Phi) is 3.67. The third-order valence-corrected chi connectivity index (χ3v) is 3.71. The molecule has 1 heterocycles. The molecule has 0 spiro atoms. The van der Waals surface area contributed by atoms with Crippen molar-refractivity contribution in [2.75, 3.05) is 13.2 Å². The first kappa shape index (κ1) is 12.4. The van der Waals surface area contributed by atoms with E-state index in [9.17, 15) is 17.1 Å². The summed E-state index contributed by atoms with van der Waals surface area (Å²) < 4.78 is 33.9. The minimum Gasteiger partial charge on any atom is -0.396 e. The molecule has 1 rings (SSSR count). The first-order valence-electron chi connectivity index (χ1n) is 4.70. The van der Waals surface area contributed by atoms with Gasteiger partial charge in [-0.05, 0) is 13.3 Å². The molecule has 0 radical (unpaired) electrons. The van der Waals surface area contributed by atoms with Gasteiger partial charge in [-0.2, -0.15) is 8.42 Å². The van der Waals surface area contributed by atoms with E-state index in [1.54, 1.807) is 6.92 Å². The van der Waals surface area contributed by atoms with Gasteiger partial charge in [0.2, 0.25) is 5.91 Å². The van der Waals surface area contributed by atoms with E-state index < -0.39 is 15.5 Å². The Morgan fingerprint density at radius 2 is 2.27 bits per heavy atom. The second-order valence-electron chi connectivity index (χ2n) is 3.71. The van der Waals surface area contributed by atoms with Crippen LogP contribution in [0, 0.1) is 0 Å². The fourth-order valence-corrected chi connectivity index (χ4v) is 2.34. The Morgan fingerprint density at radius 1 is 1.67 bits per heavy atom. The summed E-state index contributed by atoms with van der Waals surface area (Å²) in [4.78, 5) is 12.7. The van der Waals surface area contributed by atoms with Crippen LogP contribution in [0.25, 0.3) is 0 Å². The van der Waals surface area contributed by atoms with Gasteiger partial charge in [-0.25, -0.2) is 0 Å². The first-order valence-corrected chi connectivity index (χ1v) is 6.14. The van der Waals surface area contributed by atoms with Gasteiger partial charge in [0.05, 0.1) is 0 Å². The van der Waals surface area contributed by atoms with Gasteiger partial charge >= 0.3 is 10.2 Å². The average Bonchev–Trinajstić information content (AvgIpc) is 2.47. The maximum Gasteiger partial charge on any atom is 0.307 e. The van der Waals surface area contributed by atoms with Crippen molar-refractivity contribution < 1.29 is 22.2 Å². The molecule has 0 aromatic heterocycles. The molecule has 1 saturated heterocycles. The molecule has 1 aliphatic rings. The summed E-state index contributed by atoms with van der Waals surface area (Å²) in [6.45, 7) is 1.50. The van der Waals surface area contributed by atoms with Crippen molar-refractivity contribution in [1.29, 1.82) is 0 Å². The van der Waals surface area contributed by atoms with Crippen molar-refractivity contribution in [3.05, 3.63) is 0 Å². The number of nitrogens with zero attached hydrogens (tertiary/aromatic N) is 1. The normalized spacial score (nSPS) is 24.6. The third-order valence-electron chi connectivity index (χ3n) is 2.60. The van der Waals surface area contributed by atoms with Crippen molar-refractivity contribution in [2.24, 2.45) is 0 Å². The zero-order valence-electron chi connectivity index (χ0n) is 8.39. The van der Waals surface area contributed by atoms with Crippen LogP contribution in [-0.2, 0) is 15.0 Å². The number of hydrogen-bond acceptors (Lipinski definition) is 4. The molecule has 88 valence electrons. The van der Waals surface area contributed by atoms with E-state index >= 15 is 0 Å². The molecular formula is C8H14FNO4S. The molecule has 0 aromatic carbocycles. The Labute approximate surface area is 88.1 Å². The van der Waals surface area contributed by atoms with Gasteiger partial charge < -0.3 is 10.0 Å². The molecule has 0 bridgehead atoms. The van der Waals surface area contributed by atoms with Crippen LogP contribution in [0.3, 0.4) is 0 Å². The van der Waals surface area contributed by atoms with Gasteiger partial charge in [0, 0.05) is 25.6 Å². The molecule has 7 heteroatoms. The zero-order valence-corrected chi connectivity index (χ0v) is 9.21. The molecule has 1 amide bonds. The van der Waals surface area contributed by atoms with Crippen LogP contribution in [-0.4, -0.2) is 48.8 Å². The van der Waals surface area contributed by atoms with E-state index in [-0.39, 0.29) is 31.5 Å². The third kappa shape index (κ3) is 2.88. The average molecular weight is 239 g/mol. The van der Waals surface area contributed by atoms with E-state index in [1.165, 1.54) is 4.90 Å². The highest BCUT2D eigenvalue weighted by molar-refractivity contribution is 7.87. The minimum absolute atomic E-state index is 0.0853. The van der Waals surface area contributed by atoms with Gasteiger partial charge in [0.25, 0.3) is 0 Å². The maximum absolute atomic E-state index is 12.6. The molecule has 5 nitrogen and oxygen atoms in total. The highest BCUT2D eigenvalue weighted by atomic mass is 32.3. The number of carbonyl (C=O) groups excluding carboxylic acids is 1. The van der Waals surface area contributed by atoms with E-state index in [0.29, 0.717) is 6.42 Å². The highest BCUT2D eigenvalue weighted by Gasteiger charge is 2.39. The zero-order chi connectivity index (χ0) is 11.6. The van der Waals surface area contributed by atoms with Crippen LogP contribution in [0.2, 0.25) is 0 Å². The fourth-order valence-electron chi connectivity index (χ4n) is 1.65. The molecule has 15 heavy (non-hydrogen) atoms. The molecule has 0 aliphatic carbocycles. The van der Waals surface area contributed by atoms with Crippen LogP contribution in [0.4, 0.5) is 3.89 Å². The number of amides is 1. The second-order valence-corrected chi connectivity index (χ2v) is 5.33. The molecule has 0 aromatic rings. The molecule has 0 saturated carbocycles. The smallest absolute Gasteiger partial charge is 0.307 e. The summed E-state index contributed by atoms with van der Waals surface area (Å²) >= 11 is 0. The Balaban J connectivity index is 2.69. The molecule has 1 N–H and O–H groups in total. The standard InChI is InChI=1S/C8H14FNO4S/c1-6(2-3-11)10-5-7(4-8(10)12)15(9,13)14/h6-7,11H,2-5H2,1H3/t6-,7?/m1/s1. The van der Waals surface area contributed by atoms with Crippen LogP contribution in [0.15, 0.2) is 0 Å². The Bertz CT molecular complexity index is 343. The monoisotopic (exact) mass is 239 g/mol. The molecule has 1 unspecified atom stereocenters. The SMILES string of the molecule is C[C@H](CCO)N1CC(S(=O)(=O)F)CC1=O. The van der Waals surface area contributed by atoms with Crippen molar-refractivity contribution in [2.45, 2.75) is 31.1 Å². The van der Waals surface area contributed by atoms with E-state index in [4.69, 9.17) is 5.11 Å². The molecule has 1 aliphatic heterocycles. The summed E-state index contributed by atoms with van der Waals surface area (Å²) in [5, 5.41) is 7.43. The second kappa shape index (κ2) is 4.44. The summed E-state index contributed by atoms with van der Waals surface area (Å²) in [6, 6.07) is -0.255. The lowest BCUT2D eigenvalue weighted by molar-refractivity contribution is -0.129. The minimum atomic E-state index is -4.64. The lowest BCUT2D eigenvalue weighted by Crippen LogP contribution is -2.36. The highest BCUT2D eigenvalue weighted by Crippen LogP contribution is 2.22. The number of likely N-dealkylation sites (tertiary alicyclic amines) is 1. The van der Waals surface area contributed by atoms with Crippen LogP contribution < -0.4 is 0 Å². The Hall–Kier alpha value is -0.690. The summed E-state index contributed by atoms with van der Waals surface area (Å²) in [6.07, 6.45) is 0.0688. The number of halogens is 1. The van der Waals surface area contributed by atoms with Crippen molar-refractivity contribution >= 4 is 16.1 Å². The van der Waals surface area contributed by atoms with Gasteiger partial charge in [-0.1, -0.05) is 0 Å². The van der Waals surface area contributed by atoms with Gasteiger partial charge in [-0.3, -0.25) is 4.79 Å². The first-order chi connectivity index (χ1) is 6.86. The number of hydrogen-bond donors (Lipinski definition) is 1.